The van der Waals surface area contributed by atoms with Crippen LogP contribution < -0.4 is 8.37 Å². The van der Waals surface area contributed by atoms with Crippen LogP contribution in [0.3, 0.4) is 0 Å². The van der Waals surface area contributed by atoms with Crippen LogP contribution in [0.1, 0.15) is 61.2 Å². The molecule has 0 fully saturated rings. The first-order chi connectivity index (χ1) is 17.0. The molecule has 2 atom stereocenters. The molecular formula is C21H18F6O8S2. The fourth-order valence-electron chi connectivity index (χ4n) is 4.33. The van der Waals surface area contributed by atoms with E-state index in [0.717, 1.165) is 12.1 Å². The van der Waals surface area contributed by atoms with Gasteiger partial charge in [0.15, 0.2) is 11.5 Å². The highest BCUT2D eigenvalue weighted by atomic mass is 32.2. The lowest BCUT2D eigenvalue weighted by Crippen LogP contribution is -2.33. The van der Waals surface area contributed by atoms with Crippen molar-refractivity contribution < 1.29 is 61.0 Å². The van der Waals surface area contributed by atoms with Gasteiger partial charge in [0.1, 0.15) is 0 Å². The maximum atomic E-state index is 13.1. The molecule has 37 heavy (non-hydrogen) atoms. The normalized spacial score (nSPS) is 21.1. The molecule has 2 aliphatic heterocycles. The molecule has 0 radical (unpaired) electrons. The second-order valence-corrected chi connectivity index (χ2v) is 11.1. The third-order valence-corrected chi connectivity index (χ3v) is 7.72. The standard InChI is InChI=1S/C21H18F6O8S2/c1-3-13-11-7-5-9-15(34-36(28,29)20(22,23)24)17(11)19(32-13)18-12(14(4-2)33-19)8-6-10-16(18)35-37(30,31)21(25,26)27/h5-10,13-14H,3-4H2,1-2H3/t13-,14-,19?/m1/s1. The maximum Gasteiger partial charge on any atom is 0.534 e. The van der Waals surface area contributed by atoms with Gasteiger partial charge in [0.05, 0.1) is 23.3 Å². The number of rotatable bonds is 6. The Balaban J connectivity index is 2.00. The lowest BCUT2D eigenvalue weighted by molar-refractivity contribution is -0.236. The Hall–Kier alpha value is -2.56. The number of benzene rings is 2. The molecule has 8 nitrogen and oxygen atoms in total. The molecule has 0 bridgehead atoms. The van der Waals surface area contributed by atoms with E-state index in [-0.39, 0.29) is 35.1 Å². The minimum absolute atomic E-state index is 0.133. The highest BCUT2D eigenvalue weighted by Gasteiger charge is 2.59. The maximum absolute atomic E-state index is 13.1. The Kier molecular flexibility index (Phi) is 6.49. The molecule has 2 aliphatic rings. The van der Waals surface area contributed by atoms with Crippen molar-refractivity contribution in [2.45, 2.75) is 55.7 Å². The van der Waals surface area contributed by atoms with Crippen LogP contribution in [0.25, 0.3) is 0 Å². The minimum Gasteiger partial charge on any atom is -0.375 e. The fourth-order valence-corrected chi connectivity index (χ4v) is 5.27. The summed E-state index contributed by atoms with van der Waals surface area (Å²) in [5.74, 6) is -4.06. The summed E-state index contributed by atoms with van der Waals surface area (Å²) in [5.41, 5.74) is -12.1. The van der Waals surface area contributed by atoms with E-state index in [0.29, 0.717) is 0 Å². The van der Waals surface area contributed by atoms with Crippen LogP contribution in [0.4, 0.5) is 26.3 Å². The van der Waals surface area contributed by atoms with Gasteiger partial charge in [-0.05, 0) is 36.1 Å². The van der Waals surface area contributed by atoms with Crippen LogP contribution in [0, 0.1) is 0 Å². The minimum atomic E-state index is -6.18. The third-order valence-electron chi connectivity index (χ3n) is 5.79. The van der Waals surface area contributed by atoms with Crippen LogP contribution in [-0.4, -0.2) is 27.9 Å². The van der Waals surface area contributed by atoms with Crippen LogP contribution in [0.15, 0.2) is 36.4 Å². The Morgan fingerprint density at radius 3 is 1.38 bits per heavy atom. The van der Waals surface area contributed by atoms with Gasteiger partial charge < -0.3 is 17.8 Å². The zero-order valence-electron chi connectivity index (χ0n) is 18.9. The first-order valence-corrected chi connectivity index (χ1v) is 13.4. The summed E-state index contributed by atoms with van der Waals surface area (Å²) < 4.78 is 147. The molecule has 1 spiro atoms. The summed E-state index contributed by atoms with van der Waals surface area (Å²) >= 11 is 0. The molecule has 2 aromatic carbocycles. The summed E-state index contributed by atoms with van der Waals surface area (Å²) in [6.45, 7) is 3.24. The van der Waals surface area contributed by atoms with E-state index >= 15 is 0 Å². The monoisotopic (exact) mass is 576 g/mol. The molecule has 0 unspecified atom stereocenters. The van der Waals surface area contributed by atoms with E-state index in [1.54, 1.807) is 13.8 Å². The fraction of sp³-hybridized carbons (Fsp3) is 0.429. The topological polar surface area (TPSA) is 105 Å². The largest absolute Gasteiger partial charge is 0.534 e. The number of hydrogen-bond donors (Lipinski definition) is 0. The summed E-state index contributed by atoms with van der Waals surface area (Å²) in [6.07, 6.45) is -1.54. The van der Waals surface area contributed by atoms with E-state index in [9.17, 15) is 43.2 Å². The van der Waals surface area contributed by atoms with Crippen LogP contribution >= 0.6 is 0 Å². The average Bonchev–Trinajstić information content (AvgIpc) is 3.28. The van der Waals surface area contributed by atoms with Gasteiger partial charge in [-0.1, -0.05) is 38.1 Å². The molecule has 0 aliphatic carbocycles. The van der Waals surface area contributed by atoms with Crippen molar-refractivity contribution in [1.82, 2.24) is 0 Å². The number of halogens is 6. The number of ether oxygens (including phenoxy) is 2. The molecule has 4 rings (SSSR count). The SMILES string of the molecule is CC[C@H]1OC2(O[C@H](CC)c3cccc(OS(=O)(=O)C(F)(F)F)c32)c2c(OS(=O)(=O)C(F)(F)F)cccc21. The molecule has 2 heterocycles. The van der Waals surface area contributed by atoms with E-state index in [2.05, 4.69) is 8.37 Å². The quantitative estimate of drug-likeness (QED) is 0.259. The highest BCUT2D eigenvalue weighted by Crippen LogP contribution is 2.62. The summed E-state index contributed by atoms with van der Waals surface area (Å²) in [4.78, 5) is 0. The van der Waals surface area contributed by atoms with Crippen molar-refractivity contribution in [2.24, 2.45) is 0 Å². The van der Waals surface area contributed by atoms with Gasteiger partial charge in [-0.15, -0.1) is 0 Å². The molecule has 0 saturated carbocycles. The first kappa shape index (κ1) is 27.5. The predicted molar refractivity (Wildman–Crippen MR) is 113 cm³/mol. The van der Waals surface area contributed by atoms with E-state index in [1.807, 2.05) is 0 Å². The first-order valence-electron chi connectivity index (χ1n) is 10.6. The van der Waals surface area contributed by atoms with E-state index < -0.39 is 60.7 Å². The van der Waals surface area contributed by atoms with Crippen molar-refractivity contribution in [1.29, 1.82) is 0 Å². The van der Waals surface area contributed by atoms with Crippen LogP contribution in [0.5, 0.6) is 11.5 Å². The van der Waals surface area contributed by atoms with Crippen molar-refractivity contribution in [3.8, 4) is 11.5 Å². The Bertz CT molecular complexity index is 1320. The second kappa shape index (κ2) is 8.74. The second-order valence-electron chi connectivity index (χ2n) is 8.05. The zero-order valence-corrected chi connectivity index (χ0v) is 20.5. The third kappa shape index (κ3) is 4.32. The number of alkyl halides is 6. The lowest BCUT2D eigenvalue weighted by atomic mass is 9.90. The Morgan fingerprint density at radius 1 is 0.730 bits per heavy atom. The van der Waals surface area contributed by atoms with Crippen molar-refractivity contribution in [2.75, 3.05) is 0 Å². The molecule has 0 saturated heterocycles. The lowest BCUT2D eigenvalue weighted by Gasteiger charge is -2.29. The molecule has 0 aromatic heterocycles. The van der Waals surface area contributed by atoms with Crippen molar-refractivity contribution in [3.63, 3.8) is 0 Å². The zero-order chi connectivity index (χ0) is 27.6. The summed E-state index contributed by atoms with van der Waals surface area (Å²) in [5, 5.41) is 0. The predicted octanol–water partition coefficient (Wildman–Crippen LogP) is 5.31. The molecule has 0 N–H and O–H groups in total. The van der Waals surface area contributed by atoms with E-state index in [4.69, 9.17) is 9.47 Å². The summed E-state index contributed by atoms with van der Waals surface area (Å²) in [7, 11) is -12.4. The van der Waals surface area contributed by atoms with Gasteiger partial charge in [-0.3, -0.25) is 0 Å². The highest BCUT2D eigenvalue weighted by molar-refractivity contribution is 7.88. The Morgan fingerprint density at radius 2 is 1.08 bits per heavy atom. The van der Waals surface area contributed by atoms with Gasteiger partial charge >= 0.3 is 31.3 Å². The van der Waals surface area contributed by atoms with Gasteiger partial charge in [0.2, 0.25) is 5.79 Å². The number of fused-ring (bicyclic) bond motifs is 4. The van der Waals surface area contributed by atoms with Crippen LogP contribution in [-0.2, 0) is 35.5 Å². The van der Waals surface area contributed by atoms with E-state index in [1.165, 1.54) is 24.3 Å². The van der Waals surface area contributed by atoms with Crippen molar-refractivity contribution >= 4 is 20.2 Å². The molecule has 0 amide bonds. The molecule has 204 valence electrons. The smallest absolute Gasteiger partial charge is 0.375 e. The Labute approximate surface area is 207 Å². The van der Waals surface area contributed by atoms with Crippen molar-refractivity contribution in [3.05, 3.63) is 58.7 Å². The van der Waals surface area contributed by atoms with Gasteiger partial charge in [-0.2, -0.15) is 43.2 Å². The molecular weight excluding hydrogens is 558 g/mol. The summed E-state index contributed by atoms with van der Waals surface area (Å²) in [6, 6.07) is 6.98. The van der Waals surface area contributed by atoms with Gasteiger partial charge in [0.25, 0.3) is 0 Å². The molecule has 16 heteroatoms. The van der Waals surface area contributed by atoms with Gasteiger partial charge in [-0.25, -0.2) is 0 Å². The average molecular weight is 576 g/mol. The molecule has 2 aromatic rings. The van der Waals surface area contributed by atoms with Crippen LogP contribution in [0.2, 0.25) is 0 Å². The van der Waals surface area contributed by atoms with Gasteiger partial charge in [0, 0.05) is 0 Å². The number of hydrogen-bond acceptors (Lipinski definition) is 8.